The largest absolute Gasteiger partial charge is 0.462 e. The number of unbranched alkanes of at least 4 members (excludes halogenated alkanes) is 1. The van der Waals surface area contributed by atoms with Crippen LogP contribution in [0.1, 0.15) is 75.1 Å². The van der Waals surface area contributed by atoms with Gasteiger partial charge >= 0.3 is 5.97 Å². The summed E-state index contributed by atoms with van der Waals surface area (Å²) < 4.78 is 13.0. The summed E-state index contributed by atoms with van der Waals surface area (Å²) in [6, 6.07) is 6.49. The Hall–Kier alpha value is -3.20. The van der Waals surface area contributed by atoms with E-state index in [1.807, 2.05) is 11.6 Å². The predicted molar refractivity (Wildman–Crippen MR) is 134 cm³/mol. The number of esters is 1. The third-order valence-corrected chi connectivity index (χ3v) is 7.18. The molecule has 0 aliphatic carbocycles. The fourth-order valence-corrected chi connectivity index (χ4v) is 4.98. The summed E-state index contributed by atoms with van der Waals surface area (Å²) in [4.78, 5) is 38.8. The predicted octanol–water partition coefficient (Wildman–Crippen LogP) is 2.87. The quantitative estimate of drug-likeness (QED) is 0.445. The highest BCUT2D eigenvalue weighted by Gasteiger charge is 2.39. The van der Waals surface area contributed by atoms with Crippen molar-refractivity contribution in [3.63, 3.8) is 0 Å². The average Bonchev–Trinajstić information content (AvgIpc) is 3.16. The lowest BCUT2D eigenvalue weighted by molar-refractivity contribution is 0.0152. The summed E-state index contributed by atoms with van der Waals surface area (Å²) in [6.07, 6.45) is 4.84. The zero-order valence-corrected chi connectivity index (χ0v) is 21.5. The number of ether oxygens (including phenoxy) is 2. The summed E-state index contributed by atoms with van der Waals surface area (Å²) in [5, 5.41) is 7.92. The number of hydrogen-bond acceptors (Lipinski definition) is 6. The Labute approximate surface area is 212 Å². The van der Waals surface area contributed by atoms with Crippen molar-refractivity contribution in [1.82, 2.24) is 20.0 Å². The Morgan fingerprint density at radius 2 is 1.83 bits per heavy atom. The van der Waals surface area contributed by atoms with Gasteiger partial charge in [0.25, 0.3) is 11.8 Å². The first-order valence-corrected chi connectivity index (χ1v) is 12.8. The van der Waals surface area contributed by atoms with Gasteiger partial charge in [0, 0.05) is 46.0 Å². The summed E-state index contributed by atoms with van der Waals surface area (Å²) in [5.41, 5.74) is 3.57. The van der Waals surface area contributed by atoms with Crippen LogP contribution in [-0.4, -0.2) is 72.9 Å². The number of rotatable bonds is 8. The fourth-order valence-electron chi connectivity index (χ4n) is 4.98. The van der Waals surface area contributed by atoms with Crippen molar-refractivity contribution in [2.45, 2.75) is 52.0 Å². The van der Waals surface area contributed by atoms with Crippen molar-refractivity contribution >= 4 is 17.8 Å². The van der Waals surface area contributed by atoms with Crippen LogP contribution in [-0.2, 0) is 28.9 Å². The Morgan fingerprint density at radius 1 is 1.14 bits per heavy atom. The third-order valence-electron chi connectivity index (χ3n) is 7.18. The van der Waals surface area contributed by atoms with Crippen LogP contribution in [0.15, 0.2) is 24.3 Å². The lowest BCUT2D eigenvalue weighted by Gasteiger charge is -2.36. The summed E-state index contributed by atoms with van der Waals surface area (Å²) in [7, 11) is 3.37. The molecule has 0 unspecified atom stereocenters. The molecule has 9 heteroatoms. The topological polar surface area (TPSA) is 103 Å². The molecule has 3 heterocycles. The number of amides is 2. The first-order chi connectivity index (χ1) is 17.3. The molecule has 4 rings (SSSR count). The zero-order chi connectivity index (χ0) is 25.7. The number of carbonyl (C=O) groups is 3. The van der Waals surface area contributed by atoms with Crippen LogP contribution in [0, 0.1) is 5.41 Å². The Morgan fingerprint density at radius 3 is 2.50 bits per heavy atom. The first kappa shape index (κ1) is 25.9. The Bertz CT molecular complexity index is 1100. The molecule has 36 heavy (non-hydrogen) atoms. The molecule has 1 N–H and O–H groups in total. The Kier molecular flexibility index (Phi) is 8.08. The highest BCUT2D eigenvalue weighted by Crippen LogP contribution is 2.37. The van der Waals surface area contributed by atoms with Crippen LogP contribution < -0.4 is 5.32 Å². The van der Waals surface area contributed by atoms with E-state index in [4.69, 9.17) is 14.6 Å². The van der Waals surface area contributed by atoms with Gasteiger partial charge in [0.1, 0.15) is 0 Å². The molecule has 1 saturated heterocycles. The van der Waals surface area contributed by atoms with Gasteiger partial charge in [0.05, 0.1) is 29.1 Å². The second kappa shape index (κ2) is 11.2. The molecule has 9 nitrogen and oxygen atoms in total. The number of nitrogens with one attached hydrogen (secondary N) is 1. The third kappa shape index (κ3) is 5.61. The van der Waals surface area contributed by atoms with E-state index >= 15 is 0 Å². The fraction of sp³-hybridized carbons (Fsp3) is 0.556. The molecule has 0 saturated carbocycles. The van der Waals surface area contributed by atoms with E-state index in [1.54, 1.807) is 38.4 Å². The zero-order valence-electron chi connectivity index (χ0n) is 21.5. The molecule has 1 fully saturated rings. The van der Waals surface area contributed by atoms with Gasteiger partial charge < -0.3 is 19.7 Å². The van der Waals surface area contributed by atoms with Gasteiger partial charge in [-0.05, 0) is 68.2 Å². The molecule has 2 aliphatic heterocycles. The van der Waals surface area contributed by atoms with Crippen LogP contribution in [0.3, 0.4) is 0 Å². The van der Waals surface area contributed by atoms with Crippen molar-refractivity contribution in [2.24, 2.45) is 5.41 Å². The van der Waals surface area contributed by atoms with Gasteiger partial charge in [-0.25, -0.2) is 4.79 Å². The van der Waals surface area contributed by atoms with E-state index in [2.05, 4.69) is 5.32 Å². The lowest BCUT2D eigenvalue weighted by Crippen LogP contribution is -2.40. The molecule has 2 amide bonds. The number of nitrogens with zero attached hydrogens (tertiary/aromatic N) is 3. The van der Waals surface area contributed by atoms with E-state index in [0.717, 1.165) is 55.8 Å². The number of fused-ring (bicyclic) bond motifs is 1. The molecule has 2 aliphatic rings. The molecule has 0 radical (unpaired) electrons. The minimum absolute atomic E-state index is 0.0180. The van der Waals surface area contributed by atoms with Gasteiger partial charge in [0.2, 0.25) is 0 Å². The van der Waals surface area contributed by atoms with E-state index in [1.165, 1.54) is 4.90 Å². The van der Waals surface area contributed by atoms with Gasteiger partial charge in [-0.1, -0.05) is 6.92 Å². The molecule has 1 aromatic heterocycles. The van der Waals surface area contributed by atoms with Crippen LogP contribution in [0.25, 0.3) is 0 Å². The maximum atomic E-state index is 12.9. The second-order valence-electron chi connectivity index (χ2n) is 9.94. The average molecular weight is 497 g/mol. The highest BCUT2D eigenvalue weighted by molar-refractivity contribution is 5.97. The van der Waals surface area contributed by atoms with Gasteiger partial charge in [0.15, 0.2) is 0 Å². The molecule has 1 spiro atoms. The molecular weight excluding hydrogens is 460 g/mol. The second-order valence-corrected chi connectivity index (χ2v) is 9.94. The number of carbonyl (C=O) groups excluding carboxylic acids is 3. The normalized spacial score (nSPS) is 16.7. The standard InChI is InChI=1S/C27H36N4O5/c1-4-21-23-22(17-27(18-28-24(23)32)11-15-35-16-12-27)31(29-21)13-5-6-14-36-26(34)20-9-7-19(8-10-20)25(33)30(2)3/h7-10H,4-6,11-18H2,1-3H3,(H,28,32). The maximum Gasteiger partial charge on any atom is 0.338 e. The molecule has 194 valence electrons. The number of aryl methyl sites for hydroxylation is 2. The van der Waals surface area contributed by atoms with Crippen LogP contribution >= 0.6 is 0 Å². The van der Waals surface area contributed by atoms with Crippen LogP contribution in [0.5, 0.6) is 0 Å². The minimum atomic E-state index is -0.404. The van der Waals surface area contributed by atoms with Crippen LogP contribution in [0.2, 0.25) is 0 Å². The summed E-state index contributed by atoms with van der Waals surface area (Å²) in [6.45, 7) is 5.11. The molecular formula is C27H36N4O5. The Balaban J connectivity index is 1.33. The van der Waals surface area contributed by atoms with Crippen molar-refractivity contribution in [3.8, 4) is 0 Å². The van der Waals surface area contributed by atoms with E-state index in [-0.39, 0.29) is 17.2 Å². The van der Waals surface area contributed by atoms with E-state index in [9.17, 15) is 14.4 Å². The van der Waals surface area contributed by atoms with Crippen molar-refractivity contribution in [1.29, 1.82) is 0 Å². The molecule has 0 bridgehead atoms. The first-order valence-electron chi connectivity index (χ1n) is 12.8. The van der Waals surface area contributed by atoms with Crippen molar-refractivity contribution in [2.75, 3.05) is 40.5 Å². The van der Waals surface area contributed by atoms with E-state index in [0.29, 0.717) is 43.7 Å². The lowest BCUT2D eigenvalue weighted by atomic mass is 9.76. The molecule has 2 aromatic rings. The van der Waals surface area contributed by atoms with Crippen molar-refractivity contribution in [3.05, 3.63) is 52.3 Å². The van der Waals surface area contributed by atoms with Gasteiger partial charge in [-0.2, -0.15) is 5.10 Å². The smallest absolute Gasteiger partial charge is 0.338 e. The monoisotopic (exact) mass is 496 g/mol. The summed E-state index contributed by atoms with van der Waals surface area (Å²) in [5.74, 6) is -0.542. The molecule has 0 atom stereocenters. The van der Waals surface area contributed by atoms with Crippen molar-refractivity contribution < 1.29 is 23.9 Å². The number of benzene rings is 1. The number of aromatic nitrogens is 2. The SMILES string of the molecule is CCc1nn(CCCCOC(=O)c2ccc(C(=O)N(C)C)cc2)c2c1C(=O)NCC1(CCOCC1)C2. The molecule has 1 aromatic carbocycles. The van der Waals surface area contributed by atoms with Gasteiger partial charge in [-0.3, -0.25) is 14.3 Å². The minimum Gasteiger partial charge on any atom is -0.462 e. The van der Waals surface area contributed by atoms with Gasteiger partial charge in [-0.15, -0.1) is 0 Å². The maximum absolute atomic E-state index is 12.9. The summed E-state index contributed by atoms with van der Waals surface area (Å²) >= 11 is 0. The van der Waals surface area contributed by atoms with E-state index < -0.39 is 5.97 Å². The highest BCUT2D eigenvalue weighted by atomic mass is 16.5. The van der Waals surface area contributed by atoms with Crippen LogP contribution in [0.4, 0.5) is 0 Å². The number of hydrogen-bond donors (Lipinski definition) is 1.